The van der Waals surface area contributed by atoms with Crippen molar-refractivity contribution in [2.75, 3.05) is 45.9 Å². The van der Waals surface area contributed by atoms with Gasteiger partial charge in [-0.15, -0.1) is 0 Å². The van der Waals surface area contributed by atoms with Crippen molar-refractivity contribution in [1.29, 1.82) is 0 Å². The van der Waals surface area contributed by atoms with Gasteiger partial charge >= 0.3 is 0 Å². The Kier molecular flexibility index (Phi) is 7.68. The van der Waals surface area contributed by atoms with E-state index in [0.29, 0.717) is 11.5 Å². The van der Waals surface area contributed by atoms with E-state index in [1.165, 1.54) is 16.9 Å². The summed E-state index contributed by atoms with van der Waals surface area (Å²) in [5, 5.41) is 0. The first-order valence-electron chi connectivity index (χ1n) is 12.2. The zero-order valence-electron chi connectivity index (χ0n) is 21.1. The number of benzene rings is 2. The molecule has 0 radical (unpaired) electrons. The Morgan fingerprint density at radius 2 is 1.59 bits per heavy atom. The van der Waals surface area contributed by atoms with E-state index in [0.717, 1.165) is 50.5 Å². The molecule has 0 aliphatic carbocycles. The molecular formula is C28H37N3O3. The number of aryl methyl sites for hydroxylation is 1. The van der Waals surface area contributed by atoms with Gasteiger partial charge in [-0.05, 0) is 62.2 Å². The second-order valence-corrected chi connectivity index (χ2v) is 8.62. The number of nitrogens with zero attached hydrogens (tertiary/aromatic N) is 3. The zero-order valence-corrected chi connectivity index (χ0v) is 21.1. The lowest BCUT2D eigenvalue weighted by Crippen LogP contribution is -2.30. The minimum absolute atomic E-state index is 0.0368. The summed E-state index contributed by atoms with van der Waals surface area (Å²) >= 11 is 0. The highest BCUT2D eigenvalue weighted by molar-refractivity contribution is 5.58. The Morgan fingerprint density at radius 1 is 0.853 bits per heavy atom. The molecule has 4 rings (SSSR count). The summed E-state index contributed by atoms with van der Waals surface area (Å²) in [6.07, 6.45) is 3.27. The van der Waals surface area contributed by atoms with Gasteiger partial charge in [0.2, 0.25) is 5.75 Å². The van der Waals surface area contributed by atoms with Crippen molar-refractivity contribution < 1.29 is 14.2 Å². The fourth-order valence-electron chi connectivity index (χ4n) is 5.14. The van der Waals surface area contributed by atoms with Crippen LogP contribution in [0.1, 0.15) is 43.1 Å². The summed E-state index contributed by atoms with van der Waals surface area (Å²) in [6.45, 7) is 9.27. The first-order chi connectivity index (χ1) is 16.6. The van der Waals surface area contributed by atoms with Crippen LogP contribution in [0.15, 0.2) is 54.7 Å². The van der Waals surface area contributed by atoms with E-state index in [1.807, 2.05) is 6.07 Å². The third-order valence-corrected chi connectivity index (χ3v) is 6.83. The van der Waals surface area contributed by atoms with Crippen LogP contribution < -0.4 is 19.1 Å². The topological polar surface area (TPSA) is 39.1 Å². The lowest BCUT2D eigenvalue weighted by atomic mass is 9.99. The molecule has 6 nitrogen and oxygen atoms in total. The molecule has 0 spiro atoms. The van der Waals surface area contributed by atoms with Gasteiger partial charge in [-0.1, -0.05) is 12.1 Å². The van der Waals surface area contributed by atoms with Crippen LogP contribution in [0.2, 0.25) is 0 Å². The van der Waals surface area contributed by atoms with E-state index >= 15 is 0 Å². The van der Waals surface area contributed by atoms with Crippen molar-refractivity contribution in [2.24, 2.45) is 0 Å². The van der Waals surface area contributed by atoms with Crippen molar-refractivity contribution in [3.05, 3.63) is 71.5 Å². The van der Waals surface area contributed by atoms with Crippen molar-refractivity contribution in [1.82, 2.24) is 9.47 Å². The normalized spacial score (nSPS) is 16.0. The maximum absolute atomic E-state index is 5.91. The maximum atomic E-state index is 5.91. The molecule has 0 bridgehead atoms. The summed E-state index contributed by atoms with van der Waals surface area (Å²) < 4.78 is 19.5. The number of hydrogen-bond donors (Lipinski definition) is 0. The number of ether oxygens (including phenoxy) is 3. The fraction of sp³-hybridized carbons (Fsp3) is 0.429. The van der Waals surface area contributed by atoms with Crippen LogP contribution in [0.5, 0.6) is 17.2 Å². The Morgan fingerprint density at radius 3 is 2.24 bits per heavy atom. The van der Waals surface area contributed by atoms with Gasteiger partial charge in [0.1, 0.15) is 0 Å². The summed E-state index contributed by atoms with van der Waals surface area (Å²) in [6, 6.07) is 17.5. The Labute approximate surface area is 203 Å². The molecule has 2 heterocycles. The fourth-order valence-corrected chi connectivity index (χ4v) is 5.14. The number of rotatable bonds is 9. The smallest absolute Gasteiger partial charge is 0.203 e. The molecule has 34 heavy (non-hydrogen) atoms. The van der Waals surface area contributed by atoms with Gasteiger partial charge in [-0.3, -0.25) is 4.90 Å². The number of anilines is 1. The Balaban J connectivity index is 1.74. The summed E-state index contributed by atoms with van der Waals surface area (Å²) in [4.78, 5) is 4.93. The number of hydrogen-bond acceptors (Lipinski definition) is 5. The van der Waals surface area contributed by atoms with Crippen LogP contribution in [0.25, 0.3) is 0 Å². The molecule has 0 fully saturated rings. The standard InChI is InChI=1S/C28H37N3O3/c1-6-29(7-2)22-13-11-21(12-14-22)20-31-19-9-18-30-17-8-10-24(30)26(31)23-15-16-25(32-3)28(34-5)27(23)33-4/h8,10-17,26H,6-7,9,18-20H2,1-5H3. The lowest BCUT2D eigenvalue weighted by Gasteiger charge is -2.32. The van der Waals surface area contributed by atoms with E-state index in [2.05, 4.69) is 76.9 Å². The number of fused-ring (bicyclic) bond motifs is 1. The van der Waals surface area contributed by atoms with Crippen LogP contribution in [0.4, 0.5) is 5.69 Å². The van der Waals surface area contributed by atoms with Crippen LogP contribution in [0, 0.1) is 0 Å². The van der Waals surface area contributed by atoms with Crippen molar-refractivity contribution in [3.8, 4) is 17.2 Å². The van der Waals surface area contributed by atoms with Gasteiger partial charge in [0.05, 0.1) is 27.4 Å². The lowest BCUT2D eigenvalue weighted by molar-refractivity contribution is 0.214. The van der Waals surface area contributed by atoms with E-state index < -0.39 is 0 Å². The molecule has 0 saturated carbocycles. The first kappa shape index (κ1) is 24.0. The second kappa shape index (κ2) is 10.9. The molecule has 3 aromatic rings. The molecule has 182 valence electrons. The largest absolute Gasteiger partial charge is 0.493 e. The molecule has 1 aliphatic heterocycles. The van der Waals surface area contributed by atoms with Crippen LogP contribution in [0.3, 0.4) is 0 Å². The molecule has 2 aromatic carbocycles. The SMILES string of the molecule is CCN(CC)c1ccc(CN2CCCn3cccc3C2c2ccc(OC)c(OC)c2OC)cc1. The van der Waals surface area contributed by atoms with Gasteiger partial charge in [-0.2, -0.15) is 0 Å². The summed E-state index contributed by atoms with van der Waals surface area (Å²) in [5.41, 5.74) is 4.93. The zero-order chi connectivity index (χ0) is 24.1. The van der Waals surface area contributed by atoms with E-state index in [9.17, 15) is 0 Å². The van der Waals surface area contributed by atoms with Gasteiger partial charge in [0.25, 0.3) is 0 Å². The summed E-state index contributed by atoms with van der Waals surface area (Å²) in [7, 11) is 5.02. The van der Waals surface area contributed by atoms with Crippen LogP contribution >= 0.6 is 0 Å². The Hall–Kier alpha value is -3.12. The highest BCUT2D eigenvalue weighted by atomic mass is 16.5. The van der Waals surface area contributed by atoms with E-state index in [-0.39, 0.29) is 6.04 Å². The Bertz CT molecular complexity index is 1070. The highest BCUT2D eigenvalue weighted by Gasteiger charge is 2.32. The molecule has 1 aliphatic rings. The maximum Gasteiger partial charge on any atom is 0.203 e. The van der Waals surface area contributed by atoms with Gasteiger partial charge in [-0.25, -0.2) is 0 Å². The second-order valence-electron chi connectivity index (χ2n) is 8.62. The van der Waals surface area contributed by atoms with Crippen LogP contribution in [-0.2, 0) is 13.1 Å². The summed E-state index contributed by atoms with van der Waals surface area (Å²) in [5.74, 6) is 2.03. The monoisotopic (exact) mass is 463 g/mol. The molecular weight excluding hydrogens is 426 g/mol. The first-order valence-corrected chi connectivity index (χ1v) is 12.2. The van der Waals surface area contributed by atoms with Crippen molar-refractivity contribution >= 4 is 5.69 Å². The molecule has 6 heteroatoms. The molecule has 0 saturated heterocycles. The van der Waals surface area contributed by atoms with Crippen LogP contribution in [-0.4, -0.2) is 50.4 Å². The van der Waals surface area contributed by atoms with Crippen molar-refractivity contribution in [2.45, 2.75) is 39.4 Å². The average Bonchev–Trinajstić information content (AvgIpc) is 3.26. The predicted molar refractivity (Wildman–Crippen MR) is 137 cm³/mol. The van der Waals surface area contributed by atoms with E-state index in [4.69, 9.17) is 14.2 Å². The van der Waals surface area contributed by atoms with Crippen molar-refractivity contribution in [3.63, 3.8) is 0 Å². The quantitative estimate of drug-likeness (QED) is 0.427. The average molecular weight is 464 g/mol. The third kappa shape index (κ3) is 4.60. The predicted octanol–water partition coefficient (Wildman–Crippen LogP) is 5.36. The molecule has 1 unspecified atom stereocenters. The number of aromatic nitrogens is 1. The van der Waals surface area contributed by atoms with E-state index in [1.54, 1.807) is 21.3 Å². The minimum Gasteiger partial charge on any atom is -0.493 e. The molecule has 0 amide bonds. The third-order valence-electron chi connectivity index (χ3n) is 6.83. The van der Waals surface area contributed by atoms with Gasteiger partial charge in [0, 0.05) is 55.9 Å². The number of methoxy groups -OCH3 is 3. The van der Waals surface area contributed by atoms with Gasteiger partial charge < -0.3 is 23.7 Å². The highest BCUT2D eigenvalue weighted by Crippen LogP contribution is 2.46. The molecule has 0 N–H and O–H groups in total. The molecule has 1 aromatic heterocycles. The molecule has 1 atom stereocenters. The minimum atomic E-state index is 0.0368. The van der Waals surface area contributed by atoms with Gasteiger partial charge in [0.15, 0.2) is 11.5 Å².